The van der Waals surface area contributed by atoms with Crippen molar-refractivity contribution in [2.45, 2.75) is 25.0 Å². The number of hydrogen-bond acceptors (Lipinski definition) is 6. The van der Waals surface area contributed by atoms with E-state index in [-0.39, 0.29) is 24.1 Å². The average Bonchev–Trinajstić information content (AvgIpc) is 2.96. The van der Waals surface area contributed by atoms with Gasteiger partial charge in [-0.3, -0.25) is 4.79 Å². The summed E-state index contributed by atoms with van der Waals surface area (Å²) in [6.45, 7) is 0.946. The van der Waals surface area contributed by atoms with Gasteiger partial charge in [0, 0.05) is 6.54 Å². The van der Waals surface area contributed by atoms with E-state index in [2.05, 4.69) is 5.32 Å². The largest absolute Gasteiger partial charge is 0.504 e. The Hall–Kier alpha value is -1.83. The van der Waals surface area contributed by atoms with Gasteiger partial charge in [0.25, 0.3) is 0 Å². The van der Waals surface area contributed by atoms with E-state index in [4.69, 9.17) is 21.1 Å². The molecule has 112 valence electrons. The van der Waals surface area contributed by atoms with Crippen molar-refractivity contribution >= 4 is 5.97 Å². The van der Waals surface area contributed by atoms with Crippen LogP contribution in [0.25, 0.3) is 0 Å². The number of carboxylic acids is 1. The summed E-state index contributed by atoms with van der Waals surface area (Å²) in [6, 6.07) is 3.83. The molecule has 2 unspecified atom stereocenters. The molecule has 2 rings (SSSR count). The number of nitrogens with one attached hydrogen (secondary N) is 1. The number of aromatic hydroxyl groups is 2. The van der Waals surface area contributed by atoms with Gasteiger partial charge in [-0.25, -0.2) is 0 Å². The molecule has 7 nitrogen and oxygen atoms in total. The maximum atomic E-state index is 10.1. The molecular formula is C13H20N2O5. The summed E-state index contributed by atoms with van der Waals surface area (Å²) in [5, 5.41) is 38.4. The molecule has 1 heterocycles. The minimum absolute atomic E-state index is 0.0875. The van der Waals surface area contributed by atoms with Crippen LogP contribution in [0, 0.1) is 0 Å². The van der Waals surface area contributed by atoms with Gasteiger partial charge in [-0.15, -0.1) is 0 Å². The molecule has 0 saturated carbocycles. The van der Waals surface area contributed by atoms with Crippen LogP contribution in [0.15, 0.2) is 18.2 Å². The monoisotopic (exact) mass is 284 g/mol. The summed E-state index contributed by atoms with van der Waals surface area (Å²) < 4.78 is 0. The molecule has 2 atom stereocenters. The van der Waals surface area contributed by atoms with Crippen LogP contribution in [0.2, 0.25) is 0 Å². The van der Waals surface area contributed by atoms with Crippen molar-refractivity contribution in [2.24, 2.45) is 5.73 Å². The molecule has 1 aliphatic rings. The fourth-order valence-corrected chi connectivity index (χ4v) is 1.78. The molecule has 1 saturated heterocycles. The second kappa shape index (κ2) is 7.68. The minimum Gasteiger partial charge on any atom is -0.504 e. The van der Waals surface area contributed by atoms with Gasteiger partial charge in [0.2, 0.25) is 0 Å². The van der Waals surface area contributed by atoms with Crippen molar-refractivity contribution in [1.29, 1.82) is 0 Å². The zero-order chi connectivity index (χ0) is 15.1. The van der Waals surface area contributed by atoms with Gasteiger partial charge < -0.3 is 31.5 Å². The predicted molar refractivity (Wildman–Crippen MR) is 72.4 cm³/mol. The molecule has 1 aliphatic heterocycles. The second-order valence-electron chi connectivity index (χ2n) is 4.49. The summed E-state index contributed by atoms with van der Waals surface area (Å²) in [5.74, 6) is -1.18. The highest BCUT2D eigenvalue weighted by atomic mass is 16.4. The van der Waals surface area contributed by atoms with Crippen LogP contribution < -0.4 is 11.1 Å². The number of aliphatic carboxylic acids is 1. The first-order valence-electron chi connectivity index (χ1n) is 6.32. The van der Waals surface area contributed by atoms with Gasteiger partial charge in [-0.05, 0) is 37.1 Å². The molecule has 1 aromatic rings. The topological polar surface area (TPSA) is 136 Å². The molecule has 0 aliphatic carbocycles. The molecule has 0 aromatic heterocycles. The van der Waals surface area contributed by atoms with E-state index in [1.807, 2.05) is 0 Å². The molecule has 0 spiro atoms. The first-order chi connectivity index (χ1) is 9.45. The van der Waals surface area contributed by atoms with Gasteiger partial charge in [-0.1, -0.05) is 6.07 Å². The Bertz CT molecular complexity index is 446. The summed E-state index contributed by atoms with van der Waals surface area (Å²) in [4.78, 5) is 10.1. The van der Waals surface area contributed by atoms with Crippen molar-refractivity contribution in [1.82, 2.24) is 5.32 Å². The van der Waals surface area contributed by atoms with E-state index in [1.54, 1.807) is 0 Å². The lowest BCUT2D eigenvalue weighted by molar-refractivity contribution is -0.139. The lowest BCUT2D eigenvalue weighted by Crippen LogP contribution is -2.29. The highest BCUT2D eigenvalue weighted by Gasteiger charge is 2.20. The Balaban J connectivity index is 0.000000217. The van der Waals surface area contributed by atoms with Crippen molar-refractivity contribution in [3.8, 4) is 11.5 Å². The number of benzene rings is 1. The highest BCUT2D eigenvalue weighted by molar-refractivity contribution is 5.73. The van der Waals surface area contributed by atoms with Gasteiger partial charge in [-0.2, -0.15) is 0 Å². The van der Waals surface area contributed by atoms with E-state index >= 15 is 0 Å². The first-order valence-corrected chi connectivity index (χ1v) is 6.32. The molecule has 1 aromatic carbocycles. The van der Waals surface area contributed by atoms with Crippen molar-refractivity contribution in [3.05, 3.63) is 23.8 Å². The first kappa shape index (κ1) is 16.2. The SMILES string of the molecule is NCC(O)c1ccc(O)c(O)c1.O=C(O)C1CCCN1. The van der Waals surface area contributed by atoms with E-state index in [1.165, 1.54) is 18.2 Å². The lowest BCUT2D eigenvalue weighted by atomic mass is 10.1. The number of carboxylic acid groups (broad SMARTS) is 1. The number of rotatable bonds is 3. The second-order valence-corrected chi connectivity index (χ2v) is 4.49. The Morgan fingerprint density at radius 1 is 1.40 bits per heavy atom. The fraction of sp³-hybridized carbons (Fsp3) is 0.462. The number of nitrogens with two attached hydrogens (primary N) is 1. The smallest absolute Gasteiger partial charge is 0.320 e. The predicted octanol–water partition coefficient (Wildman–Crippen LogP) is -0.0871. The number of hydrogen-bond donors (Lipinski definition) is 6. The van der Waals surface area contributed by atoms with E-state index in [0.29, 0.717) is 5.56 Å². The van der Waals surface area contributed by atoms with Crippen LogP contribution in [0.5, 0.6) is 11.5 Å². The molecule has 0 amide bonds. The van der Waals surface area contributed by atoms with E-state index < -0.39 is 12.1 Å². The third kappa shape index (κ3) is 4.69. The van der Waals surface area contributed by atoms with Gasteiger partial charge in [0.05, 0.1) is 6.10 Å². The summed E-state index contributed by atoms with van der Waals surface area (Å²) in [6.07, 6.45) is 0.989. The van der Waals surface area contributed by atoms with Crippen molar-refractivity contribution in [3.63, 3.8) is 0 Å². The zero-order valence-corrected chi connectivity index (χ0v) is 11.0. The summed E-state index contributed by atoms with van der Waals surface area (Å²) in [5.41, 5.74) is 5.69. The lowest BCUT2D eigenvalue weighted by Gasteiger charge is -2.08. The number of phenolic OH excluding ortho intramolecular Hbond substituents is 2. The summed E-state index contributed by atoms with van der Waals surface area (Å²) >= 11 is 0. The summed E-state index contributed by atoms with van der Waals surface area (Å²) in [7, 11) is 0. The van der Waals surface area contributed by atoms with Crippen LogP contribution >= 0.6 is 0 Å². The molecule has 7 N–H and O–H groups in total. The maximum absolute atomic E-state index is 10.1. The number of phenols is 2. The van der Waals surface area contributed by atoms with Crippen LogP contribution in [-0.2, 0) is 4.79 Å². The maximum Gasteiger partial charge on any atom is 0.320 e. The fourth-order valence-electron chi connectivity index (χ4n) is 1.78. The molecule has 0 bridgehead atoms. The molecular weight excluding hydrogens is 264 g/mol. The molecule has 1 fully saturated rings. The van der Waals surface area contributed by atoms with Crippen molar-refractivity contribution < 1.29 is 25.2 Å². The Labute approximate surface area is 116 Å². The molecule has 20 heavy (non-hydrogen) atoms. The van der Waals surface area contributed by atoms with Gasteiger partial charge in [0.1, 0.15) is 6.04 Å². The van der Waals surface area contributed by atoms with Gasteiger partial charge in [0.15, 0.2) is 11.5 Å². The van der Waals surface area contributed by atoms with E-state index in [0.717, 1.165) is 19.4 Å². The number of aliphatic hydroxyl groups is 1. The molecule has 7 heteroatoms. The number of carbonyl (C=O) groups is 1. The normalized spacial score (nSPS) is 19.0. The third-order valence-electron chi connectivity index (χ3n) is 2.97. The quantitative estimate of drug-likeness (QED) is 0.427. The van der Waals surface area contributed by atoms with Crippen LogP contribution in [0.4, 0.5) is 0 Å². The number of aliphatic hydroxyl groups excluding tert-OH is 1. The van der Waals surface area contributed by atoms with Gasteiger partial charge >= 0.3 is 5.97 Å². The van der Waals surface area contributed by atoms with Crippen molar-refractivity contribution in [2.75, 3.05) is 13.1 Å². The average molecular weight is 284 g/mol. The Morgan fingerprint density at radius 2 is 2.10 bits per heavy atom. The highest BCUT2D eigenvalue weighted by Crippen LogP contribution is 2.27. The van der Waals surface area contributed by atoms with Crippen LogP contribution in [-0.4, -0.2) is 45.5 Å². The van der Waals surface area contributed by atoms with Crippen LogP contribution in [0.1, 0.15) is 24.5 Å². The zero-order valence-electron chi connectivity index (χ0n) is 11.0. The standard InChI is InChI=1S/C8H11NO3.C5H9NO2/c9-4-8(12)5-1-2-6(10)7(11)3-5;7-5(8)4-2-1-3-6-4/h1-3,8,10-12H,4,9H2;4,6H,1-3H2,(H,7,8). The Morgan fingerprint density at radius 3 is 2.50 bits per heavy atom. The molecule has 0 radical (unpaired) electrons. The minimum atomic E-state index is -0.795. The van der Waals surface area contributed by atoms with Crippen LogP contribution in [0.3, 0.4) is 0 Å². The Kier molecular flexibility index (Phi) is 6.23. The third-order valence-corrected chi connectivity index (χ3v) is 2.97. The van der Waals surface area contributed by atoms with E-state index in [9.17, 15) is 9.90 Å².